The molecule has 0 aromatic carbocycles. The van der Waals surface area contributed by atoms with Crippen LogP contribution in [0.4, 0.5) is 0 Å². The maximum Gasteiger partial charge on any atom is 0.0831 e. The predicted molar refractivity (Wildman–Crippen MR) is 60.2 cm³/mol. The minimum absolute atomic E-state index is 1.15. The van der Waals surface area contributed by atoms with Crippen molar-refractivity contribution >= 4 is 29.1 Å². The lowest BCUT2D eigenvalue weighted by molar-refractivity contribution is 0.267. The van der Waals surface area contributed by atoms with E-state index in [4.69, 9.17) is 0 Å². The normalized spacial score (nSPS) is 20.7. The predicted octanol–water partition coefficient (Wildman–Crippen LogP) is 1.91. The second-order valence-corrected chi connectivity index (χ2v) is 3.46. The first-order valence-electron chi connectivity index (χ1n) is 4.16. The van der Waals surface area contributed by atoms with E-state index in [-0.39, 0.29) is 0 Å². The highest BCUT2D eigenvalue weighted by Crippen LogP contribution is 2.04. The van der Waals surface area contributed by atoms with Crippen molar-refractivity contribution in [2.24, 2.45) is 3.21 Å². The molecule has 1 aliphatic heterocycles. The van der Waals surface area contributed by atoms with Gasteiger partial charge < -0.3 is 5.43 Å². The third-order valence-electron chi connectivity index (χ3n) is 1.82. The van der Waals surface area contributed by atoms with E-state index < -0.39 is 0 Å². The van der Waals surface area contributed by atoms with Crippen molar-refractivity contribution in [3.05, 3.63) is 11.8 Å². The van der Waals surface area contributed by atoms with E-state index in [1.807, 2.05) is 28.9 Å². The van der Waals surface area contributed by atoms with E-state index in [1.165, 1.54) is 12.8 Å². The van der Waals surface area contributed by atoms with Crippen LogP contribution >= 0.6 is 22.9 Å². The van der Waals surface area contributed by atoms with E-state index in [2.05, 4.69) is 20.6 Å². The molecule has 1 fully saturated rings. The number of hydrazine groups is 1. The third kappa shape index (κ3) is 3.53. The van der Waals surface area contributed by atoms with Crippen molar-refractivity contribution in [1.29, 1.82) is 0 Å². The summed E-state index contributed by atoms with van der Waals surface area (Å²) >= 11 is 1.97. The van der Waals surface area contributed by atoms with Crippen LogP contribution in [0.3, 0.4) is 0 Å². The fraction of sp³-hybridized carbons (Fsp3) is 0.625. The molecule has 1 rings (SSSR count). The quantitative estimate of drug-likeness (QED) is 0.631. The Morgan fingerprint density at radius 1 is 1.50 bits per heavy atom. The van der Waals surface area contributed by atoms with Gasteiger partial charge in [-0.2, -0.15) is 0 Å². The standard InChI is InChI=1S/C8H14IN3/c1-8(4-5-10-9)11-12-6-2-3-7-12/h4-5,11H,2-3,6-7H2,1H3. The smallest absolute Gasteiger partial charge is 0.0831 e. The van der Waals surface area contributed by atoms with Gasteiger partial charge in [-0.05, 0) is 25.8 Å². The third-order valence-corrected chi connectivity index (χ3v) is 2.14. The van der Waals surface area contributed by atoms with Crippen LogP contribution in [0.5, 0.6) is 0 Å². The number of rotatable bonds is 3. The lowest BCUT2D eigenvalue weighted by atomic mass is 10.4. The van der Waals surface area contributed by atoms with Crippen molar-refractivity contribution in [1.82, 2.24) is 10.4 Å². The van der Waals surface area contributed by atoms with Crippen LogP contribution in [-0.4, -0.2) is 24.3 Å². The first-order chi connectivity index (χ1) is 5.83. The zero-order valence-electron chi connectivity index (χ0n) is 7.26. The molecule has 68 valence electrons. The van der Waals surface area contributed by atoms with Crippen molar-refractivity contribution in [3.8, 4) is 0 Å². The molecule has 1 N–H and O–H groups in total. The Kier molecular flexibility index (Phi) is 4.60. The number of hydrogen-bond donors (Lipinski definition) is 1. The minimum atomic E-state index is 1.15. The molecule has 0 aliphatic carbocycles. The highest BCUT2D eigenvalue weighted by Gasteiger charge is 2.09. The molecular weight excluding hydrogens is 265 g/mol. The van der Waals surface area contributed by atoms with Gasteiger partial charge in [0.15, 0.2) is 0 Å². The molecule has 0 spiro atoms. The van der Waals surface area contributed by atoms with Gasteiger partial charge in [0.05, 0.1) is 22.9 Å². The highest BCUT2D eigenvalue weighted by molar-refractivity contribution is 14.1. The Labute approximate surface area is 87.4 Å². The van der Waals surface area contributed by atoms with Gasteiger partial charge in [0, 0.05) is 25.0 Å². The molecule has 1 saturated heterocycles. The number of hydrogen-bond acceptors (Lipinski definition) is 3. The summed E-state index contributed by atoms with van der Waals surface area (Å²) in [6, 6.07) is 0. The zero-order chi connectivity index (χ0) is 8.81. The van der Waals surface area contributed by atoms with Crippen molar-refractivity contribution < 1.29 is 0 Å². The summed E-state index contributed by atoms with van der Waals surface area (Å²) in [5, 5.41) is 2.24. The Morgan fingerprint density at radius 2 is 2.17 bits per heavy atom. The highest BCUT2D eigenvalue weighted by atomic mass is 127. The summed E-state index contributed by atoms with van der Waals surface area (Å²) in [6.45, 7) is 4.37. The Morgan fingerprint density at radius 3 is 2.75 bits per heavy atom. The van der Waals surface area contributed by atoms with Crippen molar-refractivity contribution in [3.63, 3.8) is 0 Å². The number of nitrogens with one attached hydrogen (secondary N) is 1. The minimum Gasteiger partial charge on any atom is -0.323 e. The molecule has 4 heteroatoms. The summed E-state index contributed by atoms with van der Waals surface area (Å²) in [5.74, 6) is 0. The molecule has 1 heterocycles. The Hall–Kier alpha value is -0.100. The topological polar surface area (TPSA) is 27.6 Å². The molecule has 0 bridgehead atoms. The SMILES string of the molecule is CC(=CC=NI)NN1CCCC1. The molecule has 12 heavy (non-hydrogen) atoms. The molecule has 0 unspecified atom stereocenters. The summed E-state index contributed by atoms with van der Waals surface area (Å²) in [5.41, 5.74) is 4.46. The fourth-order valence-electron chi connectivity index (χ4n) is 1.26. The van der Waals surface area contributed by atoms with E-state index in [0.717, 1.165) is 18.8 Å². The Balaban J connectivity index is 2.29. The van der Waals surface area contributed by atoms with Gasteiger partial charge in [0.25, 0.3) is 0 Å². The maximum atomic E-state index is 3.86. The molecule has 0 saturated carbocycles. The average Bonchev–Trinajstić information content (AvgIpc) is 2.53. The lowest BCUT2D eigenvalue weighted by Crippen LogP contribution is -2.33. The van der Waals surface area contributed by atoms with Gasteiger partial charge >= 0.3 is 0 Å². The van der Waals surface area contributed by atoms with E-state index >= 15 is 0 Å². The first-order valence-corrected chi connectivity index (χ1v) is 5.12. The van der Waals surface area contributed by atoms with E-state index in [0.29, 0.717) is 0 Å². The van der Waals surface area contributed by atoms with Crippen molar-refractivity contribution in [2.75, 3.05) is 13.1 Å². The second-order valence-electron chi connectivity index (χ2n) is 2.90. The lowest BCUT2D eigenvalue weighted by Gasteiger charge is -2.17. The second kappa shape index (κ2) is 5.53. The molecule has 0 aromatic heterocycles. The largest absolute Gasteiger partial charge is 0.323 e. The van der Waals surface area contributed by atoms with Crippen LogP contribution < -0.4 is 5.43 Å². The fourth-order valence-corrected chi connectivity index (χ4v) is 1.42. The summed E-state index contributed by atoms with van der Waals surface area (Å²) in [6.07, 6.45) is 6.38. The molecule has 0 aromatic rings. The van der Waals surface area contributed by atoms with Gasteiger partial charge in [0.2, 0.25) is 0 Å². The van der Waals surface area contributed by atoms with E-state index in [9.17, 15) is 0 Å². The number of nitrogens with zero attached hydrogens (tertiary/aromatic N) is 2. The van der Waals surface area contributed by atoms with E-state index in [1.54, 1.807) is 6.21 Å². The van der Waals surface area contributed by atoms with Gasteiger partial charge in [-0.1, -0.05) is 0 Å². The monoisotopic (exact) mass is 279 g/mol. The van der Waals surface area contributed by atoms with Gasteiger partial charge in [-0.15, -0.1) is 0 Å². The summed E-state index contributed by atoms with van der Waals surface area (Å²) in [4.78, 5) is 0. The number of halogens is 1. The maximum absolute atomic E-state index is 3.86. The summed E-state index contributed by atoms with van der Waals surface area (Å²) in [7, 11) is 0. The summed E-state index contributed by atoms with van der Waals surface area (Å²) < 4.78 is 3.86. The van der Waals surface area contributed by atoms with Crippen LogP contribution in [0.2, 0.25) is 0 Å². The average molecular weight is 279 g/mol. The van der Waals surface area contributed by atoms with Crippen LogP contribution in [0.1, 0.15) is 19.8 Å². The van der Waals surface area contributed by atoms with Gasteiger partial charge in [-0.3, -0.25) is 0 Å². The first kappa shape index (κ1) is 9.98. The number of allylic oxidation sites excluding steroid dienone is 2. The van der Waals surface area contributed by atoms with Crippen LogP contribution in [0, 0.1) is 0 Å². The van der Waals surface area contributed by atoms with Crippen LogP contribution in [0.25, 0.3) is 0 Å². The van der Waals surface area contributed by atoms with Crippen molar-refractivity contribution in [2.45, 2.75) is 19.8 Å². The van der Waals surface area contributed by atoms with Gasteiger partial charge in [-0.25, -0.2) is 8.21 Å². The van der Waals surface area contributed by atoms with Gasteiger partial charge in [0.1, 0.15) is 0 Å². The molecule has 0 radical (unpaired) electrons. The van der Waals surface area contributed by atoms with Crippen LogP contribution in [0.15, 0.2) is 15.0 Å². The Bertz CT molecular complexity index is 183. The molecule has 0 atom stereocenters. The zero-order valence-corrected chi connectivity index (χ0v) is 9.41. The molecule has 3 nitrogen and oxygen atoms in total. The molecule has 0 amide bonds. The molecular formula is C8H14IN3. The molecule has 1 aliphatic rings. The van der Waals surface area contributed by atoms with Crippen LogP contribution in [-0.2, 0) is 0 Å².